The average Bonchev–Trinajstić information content (AvgIpc) is 3.23. The molecule has 0 bridgehead atoms. The van der Waals surface area contributed by atoms with Crippen LogP contribution in [0, 0.1) is 0 Å². The number of carbonyl (C=O) groups is 2. The molecule has 2 aromatic heterocycles. The van der Waals surface area contributed by atoms with Gasteiger partial charge in [-0.1, -0.05) is 43.0 Å². The summed E-state index contributed by atoms with van der Waals surface area (Å²) in [5.41, 5.74) is 1.30. The fourth-order valence-corrected chi connectivity index (χ4v) is 3.66. The Bertz CT molecular complexity index is 1240. The summed E-state index contributed by atoms with van der Waals surface area (Å²) in [6.07, 6.45) is 8.24. The Labute approximate surface area is 217 Å². The number of aromatic nitrogens is 2. The smallest absolute Gasteiger partial charge is 0.331 e. The maximum atomic E-state index is 12.1. The van der Waals surface area contributed by atoms with Gasteiger partial charge in [-0.3, -0.25) is 4.79 Å². The lowest BCUT2D eigenvalue weighted by Crippen LogP contribution is -2.23. The van der Waals surface area contributed by atoms with Crippen molar-refractivity contribution in [2.24, 2.45) is 0 Å². The number of benzene rings is 1. The molecule has 0 spiro atoms. The van der Waals surface area contributed by atoms with Crippen LogP contribution in [0.2, 0.25) is 0 Å². The first-order valence-electron chi connectivity index (χ1n) is 12.3. The molecule has 196 valence electrons. The van der Waals surface area contributed by atoms with Crippen LogP contribution < -0.4 is 4.74 Å². The minimum atomic E-state index is -0.508. The number of unbranched alkanes of at least 4 members (excludes halogenated alkanes) is 1. The van der Waals surface area contributed by atoms with Gasteiger partial charge < -0.3 is 18.6 Å². The molecular weight excluding hydrogens is 472 g/mol. The van der Waals surface area contributed by atoms with Gasteiger partial charge in [0.2, 0.25) is 11.6 Å². The quantitative estimate of drug-likeness (QED) is 0.122. The maximum Gasteiger partial charge on any atom is 0.331 e. The number of fused-ring (bicyclic) bond motifs is 1. The van der Waals surface area contributed by atoms with Crippen molar-refractivity contribution in [3.63, 3.8) is 0 Å². The van der Waals surface area contributed by atoms with Gasteiger partial charge in [0.05, 0.1) is 6.10 Å². The Morgan fingerprint density at radius 1 is 1.14 bits per heavy atom. The highest BCUT2D eigenvalue weighted by Gasteiger charge is 2.21. The van der Waals surface area contributed by atoms with Gasteiger partial charge in [-0.25, -0.2) is 14.8 Å². The highest BCUT2D eigenvalue weighted by Crippen LogP contribution is 2.38. The van der Waals surface area contributed by atoms with Gasteiger partial charge in [-0.2, -0.15) is 0 Å². The van der Waals surface area contributed by atoms with Gasteiger partial charge in [0.1, 0.15) is 29.7 Å². The van der Waals surface area contributed by atoms with Gasteiger partial charge in [-0.05, 0) is 53.0 Å². The Kier molecular flexibility index (Phi) is 9.60. The molecule has 8 heteroatoms. The van der Waals surface area contributed by atoms with Crippen LogP contribution >= 0.6 is 0 Å². The number of furan rings is 1. The molecule has 0 aliphatic rings. The number of esters is 2. The van der Waals surface area contributed by atoms with Crippen LogP contribution in [0.25, 0.3) is 28.5 Å². The first kappa shape index (κ1) is 27.6. The van der Waals surface area contributed by atoms with E-state index < -0.39 is 11.6 Å². The number of hydrogen-bond donors (Lipinski definition) is 0. The van der Waals surface area contributed by atoms with Crippen molar-refractivity contribution in [2.45, 2.75) is 65.1 Å². The lowest BCUT2D eigenvalue weighted by Gasteiger charge is -2.19. The van der Waals surface area contributed by atoms with Crippen LogP contribution in [-0.2, 0) is 19.1 Å². The van der Waals surface area contributed by atoms with E-state index in [1.54, 1.807) is 6.08 Å². The number of ether oxygens (including phenoxy) is 3. The summed E-state index contributed by atoms with van der Waals surface area (Å²) in [6.45, 7) is 11.2. The van der Waals surface area contributed by atoms with Crippen molar-refractivity contribution in [2.75, 3.05) is 6.61 Å². The highest BCUT2D eigenvalue weighted by molar-refractivity contribution is 5.99. The van der Waals surface area contributed by atoms with E-state index in [0.717, 1.165) is 18.4 Å². The van der Waals surface area contributed by atoms with Crippen LogP contribution in [0.1, 0.15) is 58.9 Å². The van der Waals surface area contributed by atoms with Gasteiger partial charge in [-0.15, -0.1) is 0 Å². The van der Waals surface area contributed by atoms with E-state index >= 15 is 0 Å². The second kappa shape index (κ2) is 12.9. The molecule has 2 heterocycles. The Balaban J connectivity index is 1.79. The van der Waals surface area contributed by atoms with Crippen molar-refractivity contribution < 1.29 is 28.2 Å². The van der Waals surface area contributed by atoms with Gasteiger partial charge >= 0.3 is 11.9 Å². The lowest BCUT2D eigenvalue weighted by atomic mass is 10.1. The minimum absolute atomic E-state index is 0.115. The van der Waals surface area contributed by atoms with Crippen LogP contribution in [-0.4, -0.2) is 40.2 Å². The van der Waals surface area contributed by atoms with Crippen LogP contribution in [0.15, 0.2) is 59.8 Å². The summed E-state index contributed by atoms with van der Waals surface area (Å²) >= 11 is 0. The van der Waals surface area contributed by atoms with Gasteiger partial charge in [0.15, 0.2) is 0 Å². The molecule has 0 aliphatic heterocycles. The summed E-state index contributed by atoms with van der Waals surface area (Å²) in [6, 6.07) is 9.53. The molecule has 8 nitrogen and oxygen atoms in total. The van der Waals surface area contributed by atoms with E-state index in [2.05, 4.69) is 16.5 Å². The van der Waals surface area contributed by atoms with Crippen LogP contribution in [0.5, 0.6) is 5.88 Å². The third kappa shape index (κ3) is 8.31. The fourth-order valence-electron chi connectivity index (χ4n) is 3.66. The van der Waals surface area contributed by atoms with E-state index in [9.17, 15) is 9.59 Å². The molecule has 0 unspecified atom stereocenters. The van der Waals surface area contributed by atoms with Crippen molar-refractivity contribution >= 4 is 29.1 Å². The normalized spacial score (nSPS) is 12.4. The topological polar surface area (TPSA) is 101 Å². The summed E-state index contributed by atoms with van der Waals surface area (Å²) in [5, 5.41) is 0.565. The molecule has 3 rings (SSSR count). The second-order valence-electron chi connectivity index (χ2n) is 9.58. The molecule has 0 radical (unpaired) electrons. The number of rotatable bonds is 12. The third-order valence-corrected chi connectivity index (χ3v) is 5.23. The third-order valence-electron chi connectivity index (χ3n) is 5.23. The zero-order valence-electron chi connectivity index (χ0n) is 21.9. The monoisotopic (exact) mass is 506 g/mol. The number of hydrogen-bond acceptors (Lipinski definition) is 8. The van der Waals surface area contributed by atoms with E-state index in [0.29, 0.717) is 41.1 Å². The fraction of sp³-hybridized carbons (Fsp3) is 0.379. The SMILES string of the molecule is C=CCOC(=O)C=Cc1c(-c2ccccc2)oc2ncnc(O[C@H](C)CCCCC(=O)OC(C)(C)C)c12. The Morgan fingerprint density at radius 3 is 2.59 bits per heavy atom. The largest absolute Gasteiger partial charge is 0.474 e. The summed E-state index contributed by atoms with van der Waals surface area (Å²) in [7, 11) is 0. The molecule has 1 atom stereocenters. The molecule has 37 heavy (non-hydrogen) atoms. The number of nitrogens with zero attached hydrogens (tertiary/aromatic N) is 2. The molecule has 0 fully saturated rings. The van der Waals surface area contributed by atoms with Crippen LogP contribution in [0.4, 0.5) is 0 Å². The first-order valence-corrected chi connectivity index (χ1v) is 12.3. The van der Waals surface area contributed by atoms with Gasteiger partial charge in [0, 0.05) is 23.6 Å². The zero-order chi connectivity index (χ0) is 26.8. The standard InChI is InChI=1S/C29H34N2O6/c1-6-18-34-23(32)17-16-22-25-27(35-20(2)12-10-11-15-24(33)37-29(3,4)5)30-19-31-28(25)36-26(22)21-13-8-7-9-14-21/h6-9,13-14,16-17,19-20H,1,10-12,15,18H2,2-5H3/t20-/m1/s1. The molecule has 1 aromatic carbocycles. The predicted molar refractivity (Wildman–Crippen MR) is 142 cm³/mol. The molecule has 0 aliphatic carbocycles. The highest BCUT2D eigenvalue weighted by atomic mass is 16.6. The van der Waals surface area contributed by atoms with Gasteiger partial charge in [0.25, 0.3) is 0 Å². The van der Waals surface area contributed by atoms with Crippen molar-refractivity contribution in [1.29, 1.82) is 0 Å². The summed E-state index contributed by atoms with van der Waals surface area (Å²) in [4.78, 5) is 32.7. The van der Waals surface area contributed by atoms with E-state index in [1.807, 2.05) is 58.0 Å². The van der Waals surface area contributed by atoms with E-state index in [4.69, 9.17) is 18.6 Å². The Morgan fingerprint density at radius 2 is 1.89 bits per heavy atom. The molecule has 0 N–H and O–H groups in total. The average molecular weight is 507 g/mol. The summed E-state index contributed by atoms with van der Waals surface area (Å²) in [5.74, 6) is 0.188. The van der Waals surface area contributed by atoms with E-state index in [1.165, 1.54) is 18.5 Å². The van der Waals surface area contributed by atoms with Crippen molar-refractivity contribution in [3.05, 3.63) is 61.0 Å². The second-order valence-corrected chi connectivity index (χ2v) is 9.58. The predicted octanol–water partition coefficient (Wildman–Crippen LogP) is 6.30. The van der Waals surface area contributed by atoms with Crippen molar-refractivity contribution in [1.82, 2.24) is 9.97 Å². The molecule has 3 aromatic rings. The minimum Gasteiger partial charge on any atom is -0.474 e. The van der Waals surface area contributed by atoms with E-state index in [-0.39, 0.29) is 18.7 Å². The number of carbonyl (C=O) groups excluding carboxylic acids is 2. The molecule has 0 saturated carbocycles. The summed E-state index contributed by atoms with van der Waals surface area (Å²) < 4.78 is 22.7. The lowest BCUT2D eigenvalue weighted by molar-refractivity contribution is -0.155. The molecular formula is C29H34N2O6. The van der Waals surface area contributed by atoms with Crippen molar-refractivity contribution in [3.8, 4) is 17.2 Å². The molecule has 0 amide bonds. The van der Waals surface area contributed by atoms with Crippen LogP contribution in [0.3, 0.4) is 0 Å². The zero-order valence-corrected chi connectivity index (χ0v) is 21.9. The molecule has 0 saturated heterocycles. The first-order chi connectivity index (χ1) is 17.7. The maximum absolute atomic E-state index is 12.1. The Hall–Kier alpha value is -3.94.